The van der Waals surface area contributed by atoms with Crippen LogP contribution in [0.25, 0.3) is 0 Å². The van der Waals surface area contributed by atoms with Crippen LogP contribution in [-0.4, -0.2) is 7.11 Å². The lowest BCUT2D eigenvalue weighted by molar-refractivity contribution is -0.00000759. The van der Waals surface area contributed by atoms with Crippen molar-refractivity contribution in [3.63, 3.8) is 0 Å². The normalized spacial score (nSPS) is 10.8. The van der Waals surface area contributed by atoms with E-state index in [1.807, 2.05) is 24.3 Å². The second-order valence-corrected chi connectivity index (χ2v) is 12.2. The largest absolute Gasteiger partial charge is 1.00 e. The van der Waals surface area contributed by atoms with Gasteiger partial charge in [-0.15, -0.1) is 0 Å². The van der Waals surface area contributed by atoms with Gasteiger partial charge in [0.05, 0.1) is 13.3 Å². The minimum absolute atomic E-state index is 0. The van der Waals surface area contributed by atoms with E-state index in [4.69, 9.17) is 9.47 Å². The van der Waals surface area contributed by atoms with E-state index in [1.165, 1.54) is 21.5 Å². The van der Waals surface area contributed by atoms with Gasteiger partial charge < -0.3 is 26.5 Å². The summed E-state index contributed by atoms with van der Waals surface area (Å²) in [5.74, 6) is 1.52. The van der Waals surface area contributed by atoms with Crippen molar-refractivity contribution in [1.29, 1.82) is 0 Å². The summed E-state index contributed by atoms with van der Waals surface area (Å²) in [7, 11) is -0.269. The monoisotopic (exact) mass is 568 g/mol. The molecule has 37 heavy (non-hydrogen) atoms. The molecule has 0 saturated heterocycles. The molecular weight excluding hydrogens is 539 g/mol. The molecule has 0 aliphatic heterocycles. The minimum atomic E-state index is -1.98. The van der Waals surface area contributed by atoms with Crippen LogP contribution in [0.5, 0.6) is 11.5 Å². The van der Waals surface area contributed by atoms with Gasteiger partial charge in [-0.1, -0.05) is 91.0 Å². The van der Waals surface area contributed by atoms with Crippen LogP contribution >= 0.6 is 7.26 Å². The summed E-state index contributed by atoms with van der Waals surface area (Å²) < 4.78 is 11.9. The van der Waals surface area contributed by atoms with Crippen molar-refractivity contribution < 1.29 is 26.5 Å². The Balaban J connectivity index is 0.00000320. The summed E-state index contributed by atoms with van der Waals surface area (Å²) in [6.07, 6.45) is 0.889. The molecule has 0 aliphatic carbocycles. The molecule has 0 radical (unpaired) electrons. The van der Waals surface area contributed by atoms with Gasteiger partial charge in [0.1, 0.15) is 29.8 Å². The van der Waals surface area contributed by atoms with E-state index in [-0.39, 0.29) is 17.0 Å². The molecule has 0 spiro atoms. The zero-order valence-corrected chi connectivity index (χ0v) is 23.3. The van der Waals surface area contributed by atoms with E-state index in [0.717, 1.165) is 23.2 Å². The average Bonchev–Trinajstić information content (AvgIpc) is 2.97. The van der Waals surface area contributed by atoms with Crippen molar-refractivity contribution in [3.05, 3.63) is 151 Å². The SMILES string of the molecule is COc1cc(C[P+](c2ccccc2)(c2ccccc2)c2ccccc2)ccc1OCc1ccccc1.[Br-]. The Morgan fingerprint density at radius 3 is 1.43 bits per heavy atom. The molecule has 0 saturated carbocycles. The van der Waals surface area contributed by atoms with Gasteiger partial charge in [-0.25, -0.2) is 0 Å². The smallest absolute Gasteiger partial charge is 0.161 e. The average molecular weight is 569 g/mol. The maximum absolute atomic E-state index is 6.14. The third-order valence-corrected chi connectivity index (χ3v) is 10.9. The Labute approximate surface area is 231 Å². The topological polar surface area (TPSA) is 18.5 Å². The molecule has 0 unspecified atom stereocenters. The number of methoxy groups -OCH3 is 1. The van der Waals surface area contributed by atoms with Gasteiger partial charge in [-0.3, -0.25) is 0 Å². The highest BCUT2D eigenvalue weighted by atomic mass is 79.9. The van der Waals surface area contributed by atoms with Crippen LogP contribution in [0, 0.1) is 0 Å². The first-order valence-electron chi connectivity index (χ1n) is 12.2. The number of rotatable bonds is 9. The second kappa shape index (κ2) is 12.7. The molecule has 5 rings (SSSR count). The maximum atomic E-state index is 6.14. The molecule has 0 fully saturated rings. The summed E-state index contributed by atoms with van der Waals surface area (Å²) in [6.45, 7) is 0.505. The fraction of sp³-hybridized carbons (Fsp3) is 0.0909. The second-order valence-electron chi connectivity index (χ2n) is 8.73. The molecular formula is C33H30BrO2P. The summed E-state index contributed by atoms with van der Waals surface area (Å²) in [5.41, 5.74) is 2.36. The van der Waals surface area contributed by atoms with E-state index >= 15 is 0 Å². The Morgan fingerprint density at radius 1 is 0.514 bits per heavy atom. The highest BCUT2D eigenvalue weighted by Gasteiger charge is 2.45. The number of hydrogen-bond acceptors (Lipinski definition) is 2. The highest BCUT2D eigenvalue weighted by Crippen LogP contribution is 2.58. The van der Waals surface area contributed by atoms with E-state index in [9.17, 15) is 0 Å². The van der Waals surface area contributed by atoms with Gasteiger partial charge in [0.25, 0.3) is 0 Å². The molecule has 0 aromatic heterocycles. The van der Waals surface area contributed by atoms with Crippen LogP contribution in [0.15, 0.2) is 140 Å². The number of hydrogen-bond donors (Lipinski definition) is 0. The van der Waals surface area contributed by atoms with Crippen molar-refractivity contribution in [2.75, 3.05) is 7.11 Å². The molecule has 0 heterocycles. The quantitative estimate of drug-likeness (QED) is 0.252. The first kappa shape index (κ1) is 26.7. The van der Waals surface area contributed by atoms with Gasteiger partial charge in [-0.05, 0) is 59.7 Å². The van der Waals surface area contributed by atoms with E-state index in [2.05, 4.69) is 115 Å². The zero-order chi connectivity index (χ0) is 24.6. The molecule has 0 amide bonds. The summed E-state index contributed by atoms with van der Waals surface area (Å²) in [5, 5.41) is 4.10. The molecule has 0 aliphatic rings. The molecule has 0 bridgehead atoms. The van der Waals surface area contributed by atoms with Crippen LogP contribution in [0.1, 0.15) is 11.1 Å². The molecule has 186 valence electrons. The van der Waals surface area contributed by atoms with Crippen molar-refractivity contribution in [3.8, 4) is 11.5 Å². The third-order valence-electron chi connectivity index (χ3n) is 6.48. The lowest BCUT2D eigenvalue weighted by Crippen LogP contribution is -3.00. The van der Waals surface area contributed by atoms with Crippen LogP contribution in [0.3, 0.4) is 0 Å². The van der Waals surface area contributed by atoms with E-state index in [1.54, 1.807) is 7.11 Å². The Morgan fingerprint density at radius 2 is 0.973 bits per heavy atom. The van der Waals surface area contributed by atoms with E-state index < -0.39 is 7.26 Å². The molecule has 2 nitrogen and oxygen atoms in total. The minimum Gasteiger partial charge on any atom is -1.00 e. The van der Waals surface area contributed by atoms with Crippen molar-refractivity contribution in [2.24, 2.45) is 0 Å². The van der Waals surface area contributed by atoms with Crippen LogP contribution in [-0.2, 0) is 12.8 Å². The molecule has 5 aromatic carbocycles. The van der Waals surface area contributed by atoms with Crippen molar-refractivity contribution >= 4 is 23.2 Å². The molecule has 4 heteroatoms. The van der Waals surface area contributed by atoms with Gasteiger partial charge in [0.2, 0.25) is 0 Å². The lowest BCUT2D eigenvalue weighted by atomic mass is 10.2. The predicted octanol–water partition coefficient (Wildman–Crippen LogP) is 3.77. The predicted molar refractivity (Wildman–Crippen MR) is 153 cm³/mol. The number of halogens is 1. The Hall–Kier alpha value is -3.39. The fourth-order valence-electron chi connectivity index (χ4n) is 4.71. The van der Waals surface area contributed by atoms with Gasteiger partial charge >= 0.3 is 0 Å². The highest BCUT2D eigenvalue weighted by molar-refractivity contribution is 7.95. The van der Waals surface area contributed by atoms with Crippen LogP contribution in [0.4, 0.5) is 0 Å². The number of benzene rings is 5. The summed E-state index contributed by atoms with van der Waals surface area (Å²) in [4.78, 5) is 0. The summed E-state index contributed by atoms with van der Waals surface area (Å²) >= 11 is 0. The Bertz CT molecular complexity index is 1280. The van der Waals surface area contributed by atoms with Crippen molar-refractivity contribution in [2.45, 2.75) is 12.8 Å². The maximum Gasteiger partial charge on any atom is 0.161 e. The third kappa shape index (κ3) is 5.96. The fourth-order valence-corrected chi connectivity index (χ4v) is 8.94. The van der Waals surface area contributed by atoms with E-state index in [0.29, 0.717) is 6.61 Å². The van der Waals surface area contributed by atoms with Crippen LogP contribution < -0.4 is 42.4 Å². The van der Waals surface area contributed by atoms with Gasteiger partial charge in [0.15, 0.2) is 11.5 Å². The molecule has 0 N–H and O–H groups in total. The first-order valence-corrected chi connectivity index (χ1v) is 14.2. The summed E-state index contributed by atoms with van der Waals surface area (Å²) in [6, 6.07) is 49.4. The van der Waals surface area contributed by atoms with Gasteiger partial charge in [0, 0.05) is 0 Å². The molecule has 0 atom stereocenters. The van der Waals surface area contributed by atoms with Crippen LogP contribution in [0.2, 0.25) is 0 Å². The zero-order valence-electron chi connectivity index (χ0n) is 20.8. The standard InChI is InChI=1S/C33H30O2P.BrH/c1-34-33-24-28(22-23-32(33)35-25-27-14-6-2-7-15-27)26-36(29-16-8-3-9-17-29,30-18-10-4-11-19-30)31-20-12-5-13-21-31;/h2-24H,25-26H2,1H3;1H/q+1;/p-1. The number of ether oxygens (including phenoxy) is 2. The Kier molecular flexibility index (Phi) is 9.17. The lowest BCUT2D eigenvalue weighted by Gasteiger charge is -2.28. The van der Waals surface area contributed by atoms with Gasteiger partial charge in [-0.2, -0.15) is 0 Å². The first-order chi connectivity index (χ1) is 17.8. The molecule has 5 aromatic rings. The van der Waals surface area contributed by atoms with Crippen molar-refractivity contribution in [1.82, 2.24) is 0 Å².